The van der Waals surface area contributed by atoms with Gasteiger partial charge in [0.05, 0.1) is 15.4 Å². The molecule has 1 amide bonds. The zero-order valence-electron chi connectivity index (χ0n) is 17.0. The van der Waals surface area contributed by atoms with Crippen LogP contribution >= 0.6 is 0 Å². The van der Waals surface area contributed by atoms with Crippen molar-refractivity contribution in [2.45, 2.75) is 33.2 Å². The van der Waals surface area contributed by atoms with Gasteiger partial charge in [-0.05, 0) is 56.5 Å². The van der Waals surface area contributed by atoms with Gasteiger partial charge in [-0.25, -0.2) is 0 Å². The number of nitro benzene ring substituents is 2. The molecule has 1 N–H and O–H groups in total. The fraction of sp³-hybridized carbons (Fsp3) is 0.381. The predicted molar refractivity (Wildman–Crippen MR) is 113 cm³/mol. The molecule has 30 heavy (non-hydrogen) atoms. The average molecular weight is 412 g/mol. The number of hydrogen-bond acceptors (Lipinski definition) is 6. The Bertz CT molecular complexity index is 931. The van der Waals surface area contributed by atoms with E-state index in [1.165, 1.54) is 19.8 Å². The van der Waals surface area contributed by atoms with E-state index in [1.54, 1.807) is 12.1 Å². The highest BCUT2D eigenvalue weighted by Gasteiger charge is 2.25. The van der Waals surface area contributed by atoms with Crippen molar-refractivity contribution in [3.8, 4) is 0 Å². The van der Waals surface area contributed by atoms with Crippen molar-refractivity contribution >= 4 is 23.0 Å². The number of hydrogen-bond donors (Lipinski definition) is 1. The van der Waals surface area contributed by atoms with Crippen LogP contribution in [0.1, 0.15) is 41.3 Å². The zero-order chi connectivity index (χ0) is 21.8. The van der Waals surface area contributed by atoms with Gasteiger partial charge in [-0.1, -0.05) is 19.1 Å². The van der Waals surface area contributed by atoms with Crippen LogP contribution in [-0.2, 0) is 6.54 Å². The number of nitro groups is 2. The van der Waals surface area contributed by atoms with Crippen LogP contribution in [-0.4, -0.2) is 33.7 Å². The second-order valence-corrected chi connectivity index (χ2v) is 7.76. The maximum Gasteiger partial charge on any atom is 0.279 e. The normalized spacial score (nSPS) is 15.0. The van der Waals surface area contributed by atoms with Crippen LogP contribution < -0.4 is 5.32 Å². The molecule has 0 aromatic heterocycles. The molecule has 9 heteroatoms. The standard InChI is InChI=1S/C21H24N4O5/c1-14-7-9-23(10-8-14)13-16-3-5-18(6-4-16)22-21(26)17-11-19(24(27)28)15(2)20(12-17)25(29)30/h3-6,11-12,14H,7-10,13H2,1-2H3,(H,22,26). The Hall–Kier alpha value is -3.33. The second-order valence-electron chi connectivity index (χ2n) is 7.76. The summed E-state index contributed by atoms with van der Waals surface area (Å²) in [5.41, 5.74) is 0.510. The molecule has 2 aromatic carbocycles. The number of anilines is 1. The van der Waals surface area contributed by atoms with E-state index in [0.717, 1.165) is 43.2 Å². The molecule has 1 saturated heterocycles. The van der Waals surface area contributed by atoms with E-state index < -0.39 is 27.1 Å². The number of piperidine rings is 1. The topological polar surface area (TPSA) is 119 Å². The minimum Gasteiger partial charge on any atom is -0.322 e. The highest BCUT2D eigenvalue weighted by atomic mass is 16.6. The van der Waals surface area contributed by atoms with Crippen molar-refractivity contribution in [1.29, 1.82) is 0 Å². The maximum absolute atomic E-state index is 12.5. The number of benzene rings is 2. The molecule has 1 heterocycles. The highest BCUT2D eigenvalue weighted by Crippen LogP contribution is 2.29. The number of likely N-dealkylation sites (tertiary alicyclic amines) is 1. The number of carbonyl (C=O) groups is 1. The smallest absolute Gasteiger partial charge is 0.279 e. The van der Waals surface area contributed by atoms with Crippen molar-refractivity contribution in [2.24, 2.45) is 5.92 Å². The molecule has 0 saturated carbocycles. The van der Waals surface area contributed by atoms with Crippen LogP contribution in [0.5, 0.6) is 0 Å². The van der Waals surface area contributed by atoms with Crippen LogP contribution in [0.4, 0.5) is 17.1 Å². The quantitative estimate of drug-likeness (QED) is 0.558. The summed E-state index contributed by atoms with van der Waals surface area (Å²) < 4.78 is 0. The van der Waals surface area contributed by atoms with Gasteiger partial charge in [0.2, 0.25) is 0 Å². The SMILES string of the molecule is Cc1c([N+](=O)[O-])cc(C(=O)Nc2ccc(CN3CCC(C)CC3)cc2)cc1[N+](=O)[O-]. The predicted octanol–water partition coefficient (Wildman–Crippen LogP) is 4.30. The lowest BCUT2D eigenvalue weighted by molar-refractivity contribution is -0.395. The third-order valence-electron chi connectivity index (χ3n) is 5.50. The second kappa shape index (κ2) is 9.00. The average Bonchev–Trinajstić information content (AvgIpc) is 2.70. The lowest BCUT2D eigenvalue weighted by atomic mass is 9.99. The van der Waals surface area contributed by atoms with Gasteiger partial charge in [0.25, 0.3) is 17.3 Å². The van der Waals surface area contributed by atoms with Crippen molar-refractivity contribution in [3.63, 3.8) is 0 Å². The first-order valence-corrected chi connectivity index (χ1v) is 9.80. The molecule has 1 aliphatic heterocycles. The van der Waals surface area contributed by atoms with E-state index in [-0.39, 0.29) is 11.1 Å². The molecule has 1 aliphatic rings. The molecule has 0 spiro atoms. The largest absolute Gasteiger partial charge is 0.322 e. The Morgan fingerprint density at radius 2 is 1.60 bits per heavy atom. The van der Waals surface area contributed by atoms with Gasteiger partial charge >= 0.3 is 0 Å². The first kappa shape index (κ1) is 21.4. The van der Waals surface area contributed by atoms with Crippen molar-refractivity contribution < 1.29 is 14.6 Å². The lowest BCUT2D eigenvalue weighted by Crippen LogP contribution is -2.32. The molecular weight excluding hydrogens is 388 g/mol. The Morgan fingerprint density at radius 3 is 2.10 bits per heavy atom. The summed E-state index contributed by atoms with van der Waals surface area (Å²) in [6, 6.07) is 9.49. The molecule has 1 fully saturated rings. The number of amides is 1. The molecule has 9 nitrogen and oxygen atoms in total. The number of rotatable bonds is 6. The van der Waals surface area contributed by atoms with Crippen LogP contribution in [0.25, 0.3) is 0 Å². The summed E-state index contributed by atoms with van der Waals surface area (Å²) in [6.45, 7) is 6.55. The van der Waals surface area contributed by atoms with Gasteiger partial charge in [0, 0.05) is 24.4 Å². The van der Waals surface area contributed by atoms with Crippen molar-refractivity contribution in [1.82, 2.24) is 4.90 Å². The summed E-state index contributed by atoms with van der Waals surface area (Å²) in [4.78, 5) is 35.9. The first-order chi connectivity index (χ1) is 14.2. The Morgan fingerprint density at radius 1 is 1.07 bits per heavy atom. The Balaban J connectivity index is 1.71. The van der Waals surface area contributed by atoms with Gasteiger partial charge in [-0.3, -0.25) is 29.9 Å². The fourth-order valence-electron chi connectivity index (χ4n) is 3.57. The minimum absolute atomic E-state index is 0.0852. The molecule has 0 atom stereocenters. The van der Waals surface area contributed by atoms with E-state index in [9.17, 15) is 25.0 Å². The molecule has 158 valence electrons. The van der Waals surface area contributed by atoms with Gasteiger partial charge in [0.1, 0.15) is 5.56 Å². The molecular formula is C21H24N4O5. The zero-order valence-corrected chi connectivity index (χ0v) is 17.0. The van der Waals surface area contributed by atoms with Crippen molar-refractivity contribution in [2.75, 3.05) is 18.4 Å². The van der Waals surface area contributed by atoms with Crippen molar-refractivity contribution in [3.05, 3.63) is 73.3 Å². The van der Waals surface area contributed by atoms with Gasteiger partial charge in [-0.2, -0.15) is 0 Å². The number of nitrogens with zero attached hydrogens (tertiary/aromatic N) is 3. The first-order valence-electron chi connectivity index (χ1n) is 9.80. The molecule has 0 unspecified atom stereocenters. The molecule has 3 rings (SSSR count). The lowest BCUT2D eigenvalue weighted by Gasteiger charge is -2.30. The Kier molecular flexibility index (Phi) is 6.41. The monoisotopic (exact) mass is 412 g/mol. The number of nitrogens with one attached hydrogen (secondary N) is 1. The molecule has 2 aromatic rings. The summed E-state index contributed by atoms with van der Waals surface area (Å²) in [5, 5.41) is 25.0. The maximum atomic E-state index is 12.5. The molecule has 0 bridgehead atoms. The minimum atomic E-state index is -0.727. The van der Waals surface area contributed by atoms with E-state index in [2.05, 4.69) is 17.1 Å². The summed E-state index contributed by atoms with van der Waals surface area (Å²) >= 11 is 0. The third kappa shape index (κ3) is 4.98. The number of carbonyl (C=O) groups excluding carboxylic acids is 1. The third-order valence-corrected chi connectivity index (χ3v) is 5.50. The van der Waals surface area contributed by atoms with E-state index in [4.69, 9.17) is 0 Å². The van der Waals surface area contributed by atoms with Gasteiger partial charge in [-0.15, -0.1) is 0 Å². The van der Waals surface area contributed by atoms with E-state index >= 15 is 0 Å². The van der Waals surface area contributed by atoms with Gasteiger partial charge in [0.15, 0.2) is 0 Å². The Labute approximate surface area is 174 Å². The van der Waals surface area contributed by atoms with Gasteiger partial charge < -0.3 is 5.32 Å². The van der Waals surface area contributed by atoms with Crippen LogP contribution in [0.3, 0.4) is 0 Å². The summed E-state index contributed by atoms with van der Waals surface area (Å²) in [6.07, 6.45) is 2.39. The molecule has 0 radical (unpaired) electrons. The van der Waals surface area contributed by atoms with Crippen LogP contribution in [0.2, 0.25) is 0 Å². The van der Waals surface area contributed by atoms with E-state index in [0.29, 0.717) is 5.69 Å². The fourth-order valence-corrected chi connectivity index (χ4v) is 3.57. The summed E-state index contributed by atoms with van der Waals surface area (Å²) in [5.74, 6) is 0.131. The van der Waals surface area contributed by atoms with E-state index in [1.807, 2.05) is 12.1 Å². The summed E-state index contributed by atoms with van der Waals surface area (Å²) in [7, 11) is 0. The highest BCUT2D eigenvalue weighted by molar-refractivity contribution is 6.05. The molecule has 0 aliphatic carbocycles. The van der Waals surface area contributed by atoms with Crippen LogP contribution in [0, 0.1) is 33.1 Å². The van der Waals surface area contributed by atoms with Crippen LogP contribution in [0.15, 0.2) is 36.4 Å².